The Morgan fingerprint density at radius 2 is 1.80 bits per heavy atom. The summed E-state index contributed by atoms with van der Waals surface area (Å²) in [7, 11) is 0. The molecule has 1 aromatic heterocycles. The Kier molecular flexibility index (Phi) is 6.96. The van der Waals surface area contributed by atoms with Gasteiger partial charge in [0.2, 0.25) is 0 Å². The number of carbonyl (C=O) groups excluding carboxylic acids is 2. The summed E-state index contributed by atoms with van der Waals surface area (Å²) in [6.45, 7) is 7.28. The highest BCUT2D eigenvalue weighted by Gasteiger charge is 2.27. The zero-order valence-corrected chi connectivity index (χ0v) is 18.2. The second-order valence-electron chi connectivity index (χ2n) is 8.01. The number of hydrogen-bond acceptors (Lipinski definition) is 6. The van der Waals surface area contributed by atoms with Gasteiger partial charge in [-0.1, -0.05) is 23.4 Å². The van der Waals surface area contributed by atoms with Crippen molar-refractivity contribution in [3.8, 4) is 0 Å². The van der Waals surface area contributed by atoms with Crippen LogP contribution in [0.15, 0.2) is 30.5 Å². The Balaban J connectivity index is 1.44. The molecule has 2 heterocycles. The van der Waals surface area contributed by atoms with Gasteiger partial charge in [0.15, 0.2) is 0 Å². The van der Waals surface area contributed by atoms with Crippen LogP contribution in [-0.4, -0.2) is 67.9 Å². The van der Waals surface area contributed by atoms with Gasteiger partial charge >= 0.3 is 6.09 Å². The highest BCUT2D eigenvalue weighted by molar-refractivity contribution is 8.12. The van der Waals surface area contributed by atoms with Gasteiger partial charge < -0.3 is 14.5 Å². The van der Waals surface area contributed by atoms with Crippen LogP contribution in [0.1, 0.15) is 32.0 Å². The van der Waals surface area contributed by atoms with Gasteiger partial charge in [-0.3, -0.25) is 4.79 Å². The summed E-state index contributed by atoms with van der Waals surface area (Å²) >= 11 is 1.12. The molecule has 10 heteroatoms. The molecule has 1 saturated heterocycles. The smallest absolute Gasteiger partial charge is 0.410 e. The van der Waals surface area contributed by atoms with Crippen LogP contribution in [-0.2, 0) is 17.0 Å². The molecule has 0 atom stereocenters. The fraction of sp³-hybridized carbons (Fsp3) is 0.500. The lowest BCUT2D eigenvalue weighted by molar-refractivity contribution is 0.0177. The number of piperazine rings is 1. The molecule has 0 unspecified atom stereocenters. The van der Waals surface area contributed by atoms with Crippen molar-refractivity contribution in [2.45, 2.75) is 38.7 Å². The van der Waals surface area contributed by atoms with Gasteiger partial charge in [0, 0.05) is 38.8 Å². The average molecular weight is 436 g/mol. The van der Waals surface area contributed by atoms with Crippen LogP contribution in [0.5, 0.6) is 0 Å². The number of benzene rings is 1. The SMILES string of the molecule is CC(C)(C)OC(=O)N1CCN(C(=O)SCn2cc(Cc3ccccc3F)nn2)CC1. The maximum absolute atomic E-state index is 13.8. The predicted molar refractivity (Wildman–Crippen MR) is 112 cm³/mol. The Labute approximate surface area is 179 Å². The lowest BCUT2D eigenvalue weighted by Gasteiger charge is -2.35. The number of hydrogen-bond donors (Lipinski definition) is 0. The molecule has 0 N–H and O–H groups in total. The Morgan fingerprint density at radius 1 is 1.13 bits per heavy atom. The first-order valence-corrected chi connectivity index (χ1v) is 10.7. The van der Waals surface area contributed by atoms with Crippen molar-refractivity contribution >= 4 is 23.1 Å². The molecule has 0 aliphatic carbocycles. The summed E-state index contributed by atoms with van der Waals surface area (Å²) in [4.78, 5) is 27.9. The van der Waals surface area contributed by atoms with Gasteiger partial charge in [-0.25, -0.2) is 13.9 Å². The van der Waals surface area contributed by atoms with E-state index in [9.17, 15) is 14.0 Å². The fourth-order valence-electron chi connectivity index (χ4n) is 2.93. The van der Waals surface area contributed by atoms with E-state index >= 15 is 0 Å². The molecule has 1 aliphatic heterocycles. The minimum atomic E-state index is -0.539. The Bertz CT molecular complexity index is 891. The number of aromatic nitrogens is 3. The third-order valence-corrected chi connectivity index (χ3v) is 5.32. The summed E-state index contributed by atoms with van der Waals surface area (Å²) in [5.41, 5.74) is 0.651. The quantitative estimate of drug-likeness (QED) is 0.733. The lowest BCUT2D eigenvalue weighted by Crippen LogP contribution is -2.50. The minimum Gasteiger partial charge on any atom is -0.444 e. The second kappa shape index (κ2) is 9.46. The van der Waals surface area contributed by atoms with E-state index in [1.807, 2.05) is 20.8 Å². The number of carbonyl (C=O) groups is 2. The molecule has 8 nitrogen and oxygen atoms in total. The van der Waals surface area contributed by atoms with Crippen molar-refractivity contribution in [1.82, 2.24) is 24.8 Å². The van der Waals surface area contributed by atoms with Crippen LogP contribution in [0.3, 0.4) is 0 Å². The van der Waals surface area contributed by atoms with Crippen molar-refractivity contribution in [3.63, 3.8) is 0 Å². The van der Waals surface area contributed by atoms with Crippen molar-refractivity contribution in [1.29, 1.82) is 0 Å². The van der Waals surface area contributed by atoms with Crippen LogP contribution in [0.4, 0.5) is 14.0 Å². The third-order valence-electron chi connectivity index (χ3n) is 4.43. The van der Waals surface area contributed by atoms with Crippen molar-refractivity contribution < 1.29 is 18.7 Å². The standard InChI is InChI=1S/C20H26FN5O3S/c1-20(2,3)29-18(27)24-8-10-25(11-9-24)19(28)30-14-26-13-16(22-23-26)12-15-6-4-5-7-17(15)21/h4-7,13H,8-12,14H2,1-3H3. The first-order valence-electron chi connectivity index (χ1n) is 9.73. The van der Waals surface area contributed by atoms with Crippen LogP contribution in [0, 0.1) is 5.82 Å². The van der Waals surface area contributed by atoms with Crippen LogP contribution >= 0.6 is 11.8 Å². The molecule has 0 bridgehead atoms. The first-order chi connectivity index (χ1) is 14.2. The van der Waals surface area contributed by atoms with Gasteiger partial charge in [-0.2, -0.15) is 0 Å². The van der Waals surface area contributed by atoms with Crippen molar-refractivity contribution in [2.75, 3.05) is 26.2 Å². The summed E-state index contributed by atoms with van der Waals surface area (Å²) in [5, 5.41) is 7.98. The van der Waals surface area contributed by atoms with Gasteiger partial charge in [-0.15, -0.1) is 5.10 Å². The zero-order valence-electron chi connectivity index (χ0n) is 17.4. The lowest BCUT2D eigenvalue weighted by atomic mass is 10.1. The minimum absolute atomic E-state index is 0.0787. The topological polar surface area (TPSA) is 80.6 Å². The van der Waals surface area contributed by atoms with E-state index in [4.69, 9.17) is 4.74 Å². The van der Waals surface area contributed by atoms with Crippen LogP contribution in [0.25, 0.3) is 0 Å². The summed E-state index contributed by atoms with van der Waals surface area (Å²) in [6.07, 6.45) is 1.71. The third kappa shape index (κ3) is 6.19. The monoisotopic (exact) mass is 435 g/mol. The normalized spacial score (nSPS) is 14.7. The number of rotatable bonds is 4. The van der Waals surface area contributed by atoms with E-state index in [0.717, 1.165) is 11.8 Å². The van der Waals surface area contributed by atoms with E-state index in [1.54, 1.807) is 38.9 Å². The fourth-order valence-corrected chi connectivity index (χ4v) is 3.66. The molecule has 30 heavy (non-hydrogen) atoms. The van der Waals surface area contributed by atoms with Gasteiger partial charge in [-0.05, 0) is 44.2 Å². The van der Waals surface area contributed by atoms with E-state index in [0.29, 0.717) is 49.7 Å². The van der Waals surface area contributed by atoms with Gasteiger partial charge in [0.1, 0.15) is 11.4 Å². The maximum Gasteiger partial charge on any atom is 0.410 e. The van der Waals surface area contributed by atoms with Crippen LogP contribution in [0.2, 0.25) is 0 Å². The number of thioether (sulfide) groups is 1. The molecule has 0 radical (unpaired) electrons. The van der Waals surface area contributed by atoms with E-state index in [1.165, 1.54) is 6.07 Å². The number of nitrogens with zero attached hydrogens (tertiary/aromatic N) is 5. The molecule has 3 rings (SSSR count). The van der Waals surface area contributed by atoms with Crippen molar-refractivity contribution in [3.05, 3.63) is 47.5 Å². The molecule has 1 aromatic carbocycles. The maximum atomic E-state index is 13.8. The predicted octanol–water partition coefficient (Wildman–Crippen LogP) is 3.37. The summed E-state index contributed by atoms with van der Waals surface area (Å²) in [6, 6.07) is 6.55. The summed E-state index contributed by atoms with van der Waals surface area (Å²) in [5.74, 6) is 0.0391. The molecule has 0 saturated carbocycles. The van der Waals surface area contributed by atoms with Crippen LogP contribution < -0.4 is 0 Å². The Morgan fingerprint density at radius 3 is 2.47 bits per heavy atom. The summed E-state index contributed by atoms with van der Waals surface area (Å²) < 4.78 is 20.7. The number of ether oxygens (including phenoxy) is 1. The van der Waals surface area contributed by atoms with E-state index < -0.39 is 5.60 Å². The van der Waals surface area contributed by atoms with E-state index in [2.05, 4.69) is 10.3 Å². The molecule has 0 spiro atoms. The first kappa shape index (κ1) is 22.1. The van der Waals surface area contributed by atoms with E-state index in [-0.39, 0.29) is 17.1 Å². The molecule has 2 amide bonds. The largest absolute Gasteiger partial charge is 0.444 e. The highest BCUT2D eigenvalue weighted by Crippen LogP contribution is 2.17. The molecule has 1 fully saturated rings. The Hall–Kier alpha value is -2.62. The van der Waals surface area contributed by atoms with Crippen molar-refractivity contribution in [2.24, 2.45) is 0 Å². The highest BCUT2D eigenvalue weighted by atomic mass is 32.2. The van der Waals surface area contributed by atoms with Gasteiger partial charge in [0.05, 0.1) is 11.6 Å². The molecule has 162 valence electrons. The number of halogens is 1. The molecule has 1 aliphatic rings. The molecular formula is C20H26FN5O3S. The molecular weight excluding hydrogens is 409 g/mol. The van der Waals surface area contributed by atoms with Gasteiger partial charge in [0.25, 0.3) is 5.24 Å². The second-order valence-corrected chi connectivity index (χ2v) is 8.91. The number of amides is 2. The molecule has 2 aromatic rings. The zero-order chi connectivity index (χ0) is 21.7. The average Bonchev–Trinajstić information content (AvgIpc) is 3.14.